The molecule has 1 aliphatic heterocycles. The van der Waals surface area contributed by atoms with Crippen LogP contribution in [0.3, 0.4) is 0 Å². The van der Waals surface area contributed by atoms with Crippen molar-refractivity contribution in [1.29, 1.82) is 0 Å². The van der Waals surface area contributed by atoms with Gasteiger partial charge in [0.1, 0.15) is 0 Å². The Hall–Kier alpha value is -1.06. The zero-order valence-electron chi connectivity index (χ0n) is 13.4. The summed E-state index contributed by atoms with van der Waals surface area (Å²) in [6.07, 6.45) is 3.84. The second kappa shape index (κ2) is 6.21. The number of rotatable bonds is 4. The molecule has 1 aliphatic carbocycles. The predicted octanol–water partition coefficient (Wildman–Crippen LogP) is 3.12. The lowest BCUT2D eigenvalue weighted by Gasteiger charge is -2.36. The number of hydrogen-bond acceptors (Lipinski definition) is 2. The number of nitrogens with zero attached hydrogens (tertiary/aromatic N) is 1. The fourth-order valence-electron chi connectivity index (χ4n) is 3.56. The lowest BCUT2D eigenvalue weighted by Crippen LogP contribution is -2.50. The first-order valence-electron chi connectivity index (χ1n) is 8.22. The molecule has 1 N–H and O–H groups in total. The fourth-order valence-corrected chi connectivity index (χ4v) is 3.78. The standard InChI is InChI=1S/C18H25ClN2O/c1-13-12-21(2)9-6-16(13)20-17(22)18(7-8-18)11-14-4-3-5-15(19)10-14/h3-5,10,13,16H,6-9,11-12H2,1-2H3,(H,20,22)/t13-,16-/m0/s1. The van der Waals surface area contributed by atoms with Gasteiger partial charge in [-0.2, -0.15) is 0 Å². The second-order valence-electron chi connectivity index (χ2n) is 7.20. The summed E-state index contributed by atoms with van der Waals surface area (Å²) in [5.41, 5.74) is 0.977. The molecule has 0 bridgehead atoms. The van der Waals surface area contributed by atoms with Gasteiger partial charge in [-0.05, 0) is 62.9 Å². The van der Waals surface area contributed by atoms with Gasteiger partial charge in [-0.25, -0.2) is 0 Å². The first-order valence-corrected chi connectivity index (χ1v) is 8.60. The topological polar surface area (TPSA) is 32.3 Å². The number of benzene rings is 1. The summed E-state index contributed by atoms with van der Waals surface area (Å²) in [6, 6.07) is 8.21. The Balaban J connectivity index is 1.62. The fraction of sp³-hybridized carbons (Fsp3) is 0.611. The molecule has 2 aliphatic rings. The van der Waals surface area contributed by atoms with Crippen molar-refractivity contribution in [2.24, 2.45) is 11.3 Å². The lowest BCUT2D eigenvalue weighted by atomic mass is 9.91. The Morgan fingerprint density at radius 1 is 1.45 bits per heavy atom. The third kappa shape index (κ3) is 3.47. The third-order valence-electron chi connectivity index (χ3n) is 5.19. The summed E-state index contributed by atoms with van der Waals surface area (Å²) in [7, 11) is 2.15. The van der Waals surface area contributed by atoms with Crippen LogP contribution in [-0.4, -0.2) is 37.0 Å². The monoisotopic (exact) mass is 320 g/mol. The molecule has 1 saturated heterocycles. The van der Waals surface area contributed by atoms with Crippen LogP contribution in [-0.2, 0) is 11.2 Å². The Kier molecular flexibility index (Phi) is 4.47. The van der Waals surface area contributed by atoms with Gasteiger partial charge in [0.15, 0.2) is 0 Å². The summed E-state index contributed by atoms with van der Waals surface area (Å²) in [6.45, 7) is 4.36. The van der Waals surface area contributed by atoms with Crippen LogP contribution in [0.25, 0.3) is 0 Å². The van der Waals surface area contributed by atoms with Gasteiger partial charge in [0.05, 0.1) is 5.41 Å². The van der Waals surface area contributed by atoms with E-state index >= 15 is 0 Å². The Morgan fingerprint density at radius 2 is 2.23 bits per heavy atom. The van der Waals surface area contributed by atoms with Gasteiger partial charge < -0.3 is 10.2 Å². The number of halogens is 1. The van der Waals surface area contributed by atoms with Gasteiger partial charge in [0, 0.05) is 17.6 Å². The largest absolute Gasteiger partial charge is 0.353 e. The highest BCUT2D eigenvalue weighted by atomic mass is 35.5. The molecule has 1 aromatic rings. The molecule has 0 unspecified atom stereocenters. The van der Waals surface area contributed by atoms with Gasteiger partial charge in [-0.1, -0.05) is 30.7 Å². The lowest BCUT2D eigenvalue weighted by molar-refractivity contribution is -0.127. The number of hydrogen-bond donors (Lipinski definition) is 1. The van der Waals surface area contributed by atoms with Crippen molar-refractivity contribution in [2.45, 2.75) is 38.6 Å². The molecule has 3 rings (SSSR count). The minimum absolute atomic E-state index is 0.187. The molecule has 0 spiro atoms. The molecule has 2 atom stereocenters. The summed E-state index contributed by atoms with van der Waals surface area (Å²) in [5, 5.41) is 4.08. The second-order valence-corrected chi connectivity index (χ2v) is 7.63. The highest BCUT2D eigenvalue weighted by molar-refractivity contribution is 6.30. The zero-order valence-corrected chi connectivity index (χ0v) is 14.2. The van der Waals surface area contributed by atoms with Crippen molar-refractivity contribution in [1.82, 2.24) is 10.2 Å². The van der Waals surface area contributed by atoms with Crippen LogP contribution in [0, 0.1) is 11.3 Å². The van der Waals surface area contributed by atoms with E-state index in [1.54, 1.807) is 0 Å². The quantitative estimate of drug-likeness (QED) is 0.924. The van der Waals surface area contributed by atoms with Crippen LogP contribution in [0.2, 0.25) is 5.02 Å². The molecule has 0 radical (unpaired) electrons. The van der Waals surface area contributed by atoms with E-state index in [1.807, 2.05) is 18.2 Å². The van der Waals surface area contributed by atoms with Crippen LogP contribution in [0.15, 0.2) is 24.3 Å². The predicted molar refractivity (Wildman–Crippen MR) is 90.0 cm³/mol. The maximum Gasteiger partial charge on any atom is 0.226 e. The molecule has 3 nitrogen and oxygen atoms in total. The first-order chi connectivity index (χ1) is 10.5. The molecule has 1 amide bonds. The number of likely N-dealkylation sites (tertiary alicyclic amines) is 1. The number of carbonyl (C=O) groups excluding carboxylic acids is 1. The highest BCUT2D eigenvalue weighted by Crippen LogP contribution is 2.49. The van der Waals surface area contributed by atoms with Crippen LogP contribution in [0.1, 0.15) is 31.7 Å². The maximum absolute atomic E-state index is 12.8. The van der Waals surface area contributed by atoms with Crippen molar-refractivity contribution < 1.29 is 4.79 Å². The first kappa shape index (κ1) is 15.8. The van der Waals surface area contributed by atoms with E-state index in [-0.39, 0.29) is 11.3 Å². The van der Waals surface area contributed by atoms with Gasteiger partial charge in [0.25, 0.3) is 0 Å². The molecule has 0 aromatic heterocycles. The summed E-state index contributed by atoms with van der Waals surface area (Å²) in [4.78, 5) is 15.1. The SMILES string of the molecule is C[C@H]1CN(C)CC[C@@H]1NC(=O)C1(Cc2cccc(Cl)c2)CC1. The van der Waals surface area contributed by atoms with E-state index in [4.69, 9.17) is 11.6 Å². The number of amides is 1. The highest BCUT2D eigenvalue weighted by Gasteiger charge is 2.50. The average molecular weight is 321 g/mol. The molecule has 120 valence electrons. The summed E-state index contributed by atoms with van der Waals surface area (Å²) >= 11 is 6.06. The van der Waals surface area contributed by atoms with E-state index < -0.39 is 0 Å². The van der Waals surface area contributed by atoms with E-state index in [2.05, 4.69) is 30.3 Å². The molecular formula is C18H25ClN2O. The summed E-state index contributed by atoms with van der Waals surface area (Å²) in [5.74, 6) is 0.763. The van der Waals surface area contributed by atoms with Crippen LogP contribution >= 0.6 is 11.6 Å². The smallest absolute Gasteiger partial charge is 0.226 e. The van der Waals surface area contributed by atoms with E-state index in [9.17, 15) is 4.79 Å². The van der Waals surface area contributed by atoms with Crippen molar-refractivity contribution in [3.8, 4) is 0 Å². The van der Waals surface area contributed by atoms with Gasteiger partial charge >= 0.3 is 0 Å². The van der Waals surface area contributed by atoms with Gasteiger partial charge in [0.2, 0.25) is 5.91 Å². The van der Waals surface area contributed by atoms with Crippen LogP contribution in [0.5, 0.6) is 0 Å². The van der Waals surface area contributed by atoms with Crippen molar-refractivity contribution in [3.63, 3.8) is 0 Å². The van der Waals surface area contributed by atoms with Crippen molar-refractivity contribution in [2.75, 3.05) is 20.1 Å². The molecule has 1 saturated carbocycles. The Bertz CT molecular complexity index is 556. The average Bonchev–Trinajstić information content (AvgIpc) is 3.23. The molecule has 2 fully saturated rings. The molecule has 1 heterocycles. The normalized spacial score (nSPS) is 27.4. The minimum atomic E-state index is -0.187. The van der Waals surface area contributed by atoms with Crippen molar-refractivity contribution in [3.05, 3.63) is 34.9 Å². The van der Waals surface area contributed by atoms with E-state index in [0.29, 0.717) is 12.0 Å². The molecular weight excluding hydrogens is 296 g/mol. The number of nitrogens with one attached hydrogen (secondary N) is 1. The van der Waals surface area contributed by atoms with Gasteiger partial charge in [-0.3, -0.25) is 4.79 Å². The zero-order chi connectivity index (χ0) is 15.7. The summed E-state index contributed by atoms with van der Waals surface area (Å²) < 4.78 is 0. The van der Waals surface area contributed by atoms with E-state index in [1.165, 1.54) is 0 Å². The molecule has 1 aromatic carbocycles. The van der Waals surface area contributed by atoms with Crippen molar-refractivity contribution >= 4 is 17.5 Å². The molecule has 22 heavy (non-hydrogen) atoms. The molecule has 4 heteroatoms. The number of carbonyl (C=O) groups is 1. The minimum Gasteiger partial charge on any atom is -0.353 e. The Labute approximate surface area is 138 Å². The van der Waals surface area contributed by atoms with Gasteiger partial charge in [-0.15, -0.1) is 0 Å². The van der Waals surface area contributed by atoms with Crippen LogP contribution in [0.4, 0.5) is 0 Å². The van der Waals surface area contributed by atoms with Crippen LogP contribution < -0.4 is 5.32 Å². The maximum atomic E-state index is 12.8. The Morgan fingerprint density at radius 3 is 2.86 bits per heavy atom. The number of piperidine rings is 1. The van der Waals surface area contributed by atoms with E-state index in [0.717, 1.165) is 49.4 Å². The third-order valence-corrected chi connectivity index (χ3v) is 5.43.